The minimum absolute atomic E-state index is 0.0136. The summed E-state index contributed by atoms with van der Waals surface area (Å²) in [5, 5.41) is 4.16. The fourth-order valence-corrected chi connectivity index (χ4v) is 3.85. The number of hydrogen-bond donors (Lipinski definition) is 0. The number of imidazole rings is 1. The quantitative estimate of drug-likeness (QED) is 0.708. The van der Waals surface area contributed by atoms with Crippen molar-refractivity contribution in [3.63, 3.8) is 0 Å². The number of hydrogen-bond acceptors (Lipinski definition) is 4. The lowest BCUT2D eigenvalue weighted by atomic mass is 9.96. The molecule has 0 aliphatic carbocycles. The van der Waals surface area contributed by atoms with Crippen LogP contribution in [0.1, 0.15) is 34.8 Å². The fourth-order valence-electron chi connectivity index (χ4n) is 3.85. The predicted molar refractivity (Wildman–Crippen MR) is 102 cm³/mol. The molecule has 2 aromatic heterocycles. The Kier molecular flexibility index (Phi) is 4.79. The molecule has 0 radical (unpaired) electrons. The minimum Gasteiger partial charge on any atom is -0.360 e. The van der Waals surface area contributed by atoms with Gasteiger partial charge in [-0.2, -0.15) is 0 Å². The van der Waals surface area contributed by atoms with Crippen molar-refractivity contribution in [1.82, 2.24) is 19.6 Å². The minimum atomic E-state index is 0.0136. The predicted octanol–water partition coefficient (Wildman–Crippen LogP) is 3.71. The van der Waals surface area contributed by atoms with Crippen molar-refractivity contribution >= 4 is 5.91 Å². The third kappa shape index (κ3) is 3.52. The SMILES string of the molecule is Cc1onc(-c2ccccc2)c1C(=O)N1CCCC(Cn2ccnc2C)C1. The fraction of sp³-hybridized carbons (Fsp3) is 0.381. The van der Waals surface area contributed by atoms with Crippen molar-refractivity contribution in [3.8, 4) is 11.3 Å². The van der Waals surface area contributed by atoms with E-state index in [0.29, 0.717) is 22.9 Å². The molecular formula is C21H24N4O2. The molecule has 1 fully saturated rings. The molecule has 0 saturated carbocycles. The van der Waals surface area contributed by atoms with Crippen LogP contribution in [-0.2, 0) is 6.54 Å². The third-order valence-electron chi connectivity index (χ3n) is 5.31. The summed E-state index contributed by atoms with van der Waals surface area (Å²) in [4.78, 5) is 19.5. The highest BCUT2D eigenvalue weighted by molar-refractivity contribution is 6.00. The Morgan fingerprint density at radius 1 is 1.26 bits per heavy atom. The lowest BCUT2D eigenvalue weighted by molar-refractivity contribution is 0.0661. The molecule has 6 nitrogen and oxygen atoms in total. The Hall–Kier alpha value is -2.89. The first-order valence-corrected chi connectivity index (χ1v) is 9.42. The first-order valence-electron chi connectivity index (χ1n) is 9.42. The number of aromatic nitrogens is 3. The summed E-state index contributed by atoms with van der Waals surface area (Å²) in [6.45, 7) is 6.23. The zero-order chi connectivity index (χ0) is 18.8. The average Bonchev–Trinajstić information content (AvgIpc) is 3.28. The van der Waals surface area contributed by atoms with E-state index >= 15 is 0 Å². The number of likely N-dealkylation sites (tertiary alicyclic amines) is 1. The van der Waals surface area contributed by atoms with Gasteiger partial charge in [-0.1, -0.05) is 35.5 Å². The van der Waals surface area contributed by atoms with Crippen LogP contribution in [0.25, 0.3) is 11.3 Å². The first-order chi connectivity index (χ1) is 13.1. The molecule has 1 unspecified atom stereocenters. The van der Waals surface area contributed by atoms with Crippen molar-refractivity contribution in [2.45, 2.75) is 33.2 Å². The lowest BCUT2D eigenvalue weighted by Crippen LogP contribution is -2.41. The van der Waals surface area contributed by atoms with Crippen molar-refractivity contribution in [2.24, 2.45) is 5.92 Å². The maximum Gasteiger partial charge on any atom is 0.259 e. The van der Waals surface area contributed by atoms with Crippen molar-refractivity contribution in [2.75, 3.05) is 13.1 Å². The summed E-state index contributed by atoms with van der Waals surface area (Å²) in [6.07, 6.45) is 5.96. The van der Waals surface area contributed by atoms with Gasteiger partial charge in [0.05, 0.1) is 0 Å². The number of carbonyl (C=O) groups excluding carboxylic acids is 1. The van der Waals surface area contributed by atoms with Crippen LogP contribution in [0.5, 0.6) is 0 Å². The maximum absolute atomic E-state index is 13.3. The smallest absolute Gasteiger partial charge is 0.259 e. The molecule has 6 heteroatoms. The van der Waals surface area contributed by atoms with Crippen LogP contribution < -0.4 is 0 Å². The molecule has 1 aliphatic rings. The van der Waals surface area contributed by atoms with Gasteiger partial charge in [0.1, 0.15) is 22.8 Å². The molecule has 4 rings (SSSR count). The number of nitrogens with zero attached hydrogens (tertiary/aromatic N) is 4. The van der Waals surface area contributed by atoms with E-state index in [1.54, 1.807) is 0 Å². The highest BCUT2D eigenvalue weighted by atomic mass is 16.5. The standard InChI is InChI=1S/C21H24N4O2/c1-15-19(20(23-27-15)18-8-4-3-5-9-18)21(26)25-11-6-7-17(14-25)13-24-12-10-22-16(24)2/h3-5,8-10,12,17H,6-7,11,13-14H2,1-2H3. The summed E-state index contributed by atoms with van der Waals surface area (Å²) < 4.78 is 7.55. The van der Waals surface area contributed by atoms with Crippen molar-refractivity contribution in [1.29, 1.82) is 0 Å². The Balaban J connectivity index is 1.55. The topological polar surface area (TPSA) is 64.2 Å². The Bertz CT molecular complexity index is 929. The van der Waals surface area contributed by atoms with Gasteiger partial charge < -0.3 is 14.0 Å². The molecular weight excluding hydrogens is 340 g/mol. The second-order valence-electron chi connectivity index (χ2n) is 7.21. The Morgan fingerprint density at radius 2 is 2.07 bits per heavy atom. The largest absolute Gasteiger partial charge is 0.360 e. The van der Waals surface area contributed by atoms with E-state index in [0.717, 1.165) is 43.9 Å². The van der Waals surface area contributed by atoms with Gasteiger partial charge in [-0.25, -0.2) is 4.98 Å². The number of carbonyl (C=O) groups is 1. The summed E-state index contributed by atoms with van der Waals surface area (Å²) in [6, 6.07) is 9.74. The van der Waals surface area contributed by atoms with Crippen LogP contribution in [0.3, 0.4) is 0 Å². The van der Waals surface area contributed by atoms with Gasteiger partial charge in [-0.3, -0.25) is 4.79 Å². The highest BCUT2D eigenvalue weighted by Gasteiger charge is 2.30. The zero-order valence-corrected chi connectivity index (χ0v) is 15.8. The van der Waals surface area contributed by atoms with Gasteiger partial charge in [0, 0.05) is 37.6 Å². The van der Waals surface area contributed by atoms with Crippen LogP contribution >= 0.6 is 0 Å². The third-order valence-corrected chi connectivity index (χ3v) is 5.31. The van der Waals surface area contributed by atoms with Crippen LogP contribution in [0.2, 0.25) is 0 Å². The molecule has 1 atom stereocenters. The average molecular weight is 364 g/mol. The van der Waals surface area contributed by atoms with Gasteiger partial charge in [0.15, 0.2) is 0 Å². The highest BCUT2D eigenvalue weighted by Crippen LogP contribution is 2.28. The maximum atomic E-state index is 13.3. The van der Waals surface area contributed by atoms with Crippen molar-refractivity contribution < 1.29 is 9.32 Å². The molecule has 3 aromatic rings. The van der Waals surface area contributed by atoms with Gasteiger partial charge in [-0.15, -0.1) is 0 Å². The molecule has 140 valence electrons. The summed E-state index contributed by atoms with van der Waals surface area (Å²) in [5.41, 5.74) is 2.12. The van der Waals surface area contributed by atoms with Gasteiger partial charge >= 0.3 is 0 Å². The van der Waals surface area contributed by atoms with E-state index < -0.39 is 0 Å². The zero-order valence-electron chi connectivity index (χ0n) is 15.8. The number of rotatable bonds is 4. The molecule has 1 aromatic carbocycles. The molecule has 1 saturated heterocycles. The van der Waals surface area contributed by atoms with E-state index in [9.17, 15) is 4.79 Å². The number of benzene rings is 1. The van der Waals surface area contributed by atoms with Crippen LogP contribution in [-0.4, -0.2) is 38.6 Å². The van der Waals surface area contributed by atoms with E-state index in [-0.39, 0.29) is 5.91 Å². The number of aryl methyl sites for hydroxylation is 2. The summed E-state index contributed by atoms with van der Waals surface area (Å²) in [5.74, 6) is 2.03. The normalized spacial score (nSPS) is 17.3. The second-order valence-corrected chi connectivity index (χ2v) is 7.21. The van der Waals surface area contributed by atoms with Gasteiger partial charge in [0.25, 0.3) is 5.91 Å². The molecule has 0 spiro atoms. The molecule has 0 N–H and O–H groups in total. The van der Waals surface area contributed by atoms with E-state index in [1.165, 1.54) is 0 Å². The lowest BCUT2D eigenvalue weighted by Gasteiger charge is -2.33. The monoisotopic (exact) mass is 364 g/mol. The van der Waals surface area contributed by atoms with Gasteiger partial charge in [-0.05, 0) is 32.6 Å². The van der Waals surface area contributed by atoms with Crippen LogP contribution in [0.15, 0.2) is 47.2 Å². The van der Waals surface area contributed by atoms with Crippen LogP contribution in [0, 0.1) is 19.8 Å². The van der Waals surface area contributed by atoms with E-state index in [2.05, 4.69) is 14.7 Å². The first kappa shape index (κ1) is 17.5. The molecule has 27 heavy (non-hydrogen) atoms. The van der Waals surface area contributed by atoms with E-state index in [4.69, 9.17) is 4.52 Å². The molecule has 1 amide bonds. The van der Waals surface area contributed by atoms with E-state index in [1.807, 2.05) is 61.5 Å². The second kappa shape index (κ2) is 7.39. The van der Waals surface area contributed by atoms with Gasteiger partial charge in [0.2, 0.25) is 0 Å². The number of piperidine rings is 1. The Morgan fingerprint density at radius 3 is 2.81 bits per heavy atom. The van der Waals surface area contributed by atoms with Crippen LogP contribution in [0.4, 0.5) is 0 Å². The summed E-state index contributed by atoms with van der Waals surface area (Å²) in [7, 11) is 0. The van der Waals surface area contributed by atoms with Crippen molar-refractivity contribution in [3.05, 3.63) is 59.9 Å². The summed E-state index contributed by atoms with van der Waals surface area (Å²) >= 11 is 0. The molecule has 1 aliphatic heterocycles. The molecule has 3 heterocycles. The number of amides is 1. The Labute approximate surface area is 158 Å². The molecule has 0 bridgehead atoms.